The van der Waals surface area contributed by atoms with Gasteiger partial charge in [0.2, 0.25) is 4.77 Å². The molecule has 122 valence electrons. The Bertz CT molecular complexity index is 919. The van der Waals surface area contributed by atoms with Crippen LogP contribution in [0.25, 0.3) is 0 Å². The molecule has 2 aromatic carbocycles. The molecule has 7 nitrogen and oxygen atoms in total. The molecule has 3 rings (SSSR count). The van der Waals surface area contributed by atoms with Gasteiger partial charge in [-0.1, -0.05) is 18.2 Å². The molecule has 0 atom stereocenters. The van der Waals surface area contributed by atoms with Crippen LogP contribution in [0.4, 0.5) is 0 Å². The van der Waals surface area contributed by atoms with Crippen LogP contribution in [-0.4, -0.2) is 31.3 Å². The van der Waals surface area contributed by atoms with Gasteiger partial charge in [0.25, 0.3) is 0 Å². The number of phenols is 2. The van der Waals surface area contributed by atoms with Crippen LogP contribution in [0.5, 0.6) is 17.2 Å². The third kappa shape index (κ3) is 3.61. The number of hydrogen-bond acceptors (Lipinski definition) is 6. The number of hydrogen-bond donors (Lipinski definition) is 3. The number of nitrogens with one attached hydrogen (secondary N) is 1. The monoisotopic (exact) mass is 342 g/mol. The molecule has 0 fully saturated rings. The number of benzene rings is 2. The minimum absolute atomic E-state index is 0.190. The quantitative estimate of drug-likeness (QED) is 0.376. The van der Waals surface area contributed by atoms with Crippen molar-refractivity contribution >= 4 is 18.4 Å². The van der Waals surface area contributed by atoms with Gasteiger partial charge in [-0.2, -0.15) is 14.9 Å². The Morgan fingerprint density at radius 2 is 1.96 bits per heavy atom. The second-order valence-electron chi connectivity index (χ2n) is 4.85. The third-order valence-electron chi connectivity index (χ3n) is 3.15. The van der Waals surface area contributed by atoms with Crippen molar-refractivity contribution in [3.05, 3.63) is 64.7 Å². The van der Waals surface area contributed by atoms with Crippen LogP contribution in [0.3, 0.4) is 0 Å². The number of H-pyrrole nitrogens is 1. The van der Waals surface area contributed by atoms with Crippen LogP contribution in [-0.2, 0) is 6.61 Å². The first kappa shape index (κ1) is 15.8. The summed E-state index contributed by atoms with van der Waals surface area (Å²) in [5.41, 5.74) is 0.600. The normalized spacial score (nSPS) is 11.0. The van der Waals surface area contributed by atoms with Crippen molar-refractivity contribution < 1.29 is 14.9 Å². The van der Waals surface area contributed by atoms with Gasteiger partial charge >= 0.3 is 0 Å². The molecule has 8 heteroatoms. The third-order valence-corrected chi connectivity index (χ3v) is 3.41. The number of aromatic nitrogens is 3. The van der Waals surface area contributed by atoms with E-state index in [1.807, 2.05) is 30.3 Å². The van der Waals surface area contributed by atoms with Crippen LogP contribution < -0.4 is 4.74 Å². The zero-order valence-corrected chi connectivity index (χ0v) is 13.3. The molecule has 0 aliphatic carbocycles. The Morgan fingerprint density at radius 3 is 2.71 bits per heavy atom. The van der Waals surface area contributed by atoms with E-state index in [0.717, 1.165) is 0 Å². The summed E-state index contributed by atoms with van der Waals surface area (Å²) >= 11 is 5.15. The second kappa shape index (κ2) is 6.97. The summed E-state index contributed by atoms with van der Waals surface area (Å²) in [5, 5.41) is 29.8. The SMILES string of the molecule is Oc1ccc(/C=N/n2c(COc3ccccc3)n[nH]c2=S)cc1O. The highest BCUT2D eigenvalue weighted by Crippen LogP contribution is 2.24. The molecule has 0 bridgehead atoms. The molecule has 0 saturated heterocycles. The average molecular weight is 342 g/mol. The summed E-state index contributed by atoms with van der Waals surface area (Å²) in [6.45, 7) is 0.190. The van der Waals surface area contributed by atoms with E-state index in [9.17, 15) is 10.2 Å². The molecule has 1 aromatic heterocycles. The minimum Gasteiger partial charge on any atom is -0.504 e. The molecule has 0 amide bonds. The lowest BCUT2D eigenvalue weighted by Gasteiger charge is -2.05. The molecular weight excluding hydrogens is 328 g/mol. The first-order valence-corrected chi connectivity index (χ1v) is 7.45. The van der Waals surface area contributed by atoms with Gasteiger partial charge in [0.05, 0.1) is 6.21 Å². The molecule has 1 heterocycles. The van der Waals surface area contributed by atoms with E-state index in [1.54, 1.807) is 6.07 Å². The Hall–Kier alpha value is -3.13. The van der Waals surface area contributed by atoms with Crippen molar-refractivity contribution in [1.82, 2.24) is 14.9 Å². The van der Waals surface area contributed by atoms with Gasteiger partial charge in [-0.25, -0.2) is 5.10 Å². The average Bonchev–Trinajstić information content (AvgIpc) is 2.95. The van der Waals surface area contributed by atoms with Crippen molar-refractivity contribution in [2.75, 3.05) is 0 Å². The number of para-hydroxylation sites is 1. The number of aromatic amines is 1. The molecule has 0 aliphatic heterocycles. The number of aromatic hydroxyl groups is 2. The molecule has 0 aliphatic rings. The van der Waals surface area contributed by atoms with Gasteiger partial charge in [0.15, 0.2) is 17.3 Å². The molecule has 24 heavy (non-hydrogen) atoms. The minimum atomic E-state index is -0.220. The van der Waals surface area contributed by atoms with Crippen molar-refractivity contribution in [2.45, 2.75) is 6.61 Å². The standard InChI is InChI=1S/C16H14N4O3S/c21-13-7-6-11(8-14(13)22)9-17-20-15(18-19-16(20)24)10-23-12-4-2-1-3-5-12/h1-9,21-22H,10H2,(H,19,24)/b17-9+. The van der Waals surface area contributed by atoms with Gasteiger partial charge in [-0.3, -0.25) is 0 Å². The topological polar surface area (TPSA) is 95.7 Å². The van der Waals surface area contributed by atoms with Crippen LogP contribution in [0.2, 0.25) is 0 Å². The van der Waals surface area contributed by atoms with E-state index in [0.29, 0.717) is 21.9 Å². The second-order valence-corrected chi connectivity index (χ2v) is 5.24. The van der Waals surface area contributed by atoms with E-state index >= 15 is 0 Å². The van der Waals surface area contributed by atoms with Crippen molar-refractivity contribution in [3.8, 4) is 17.2 Å². The number of ether oxygens (including phenoxy) is 1. The van der Waals surface area contributed by atoms with E-state index in [1.165, 1.54) is 23.0 Å². The van der Waals surface area contributed by atoms with Gasteiger partial charge < -0.3 is 14.9 Å². The van der Waals surface area contributed by atoms with Gasteiger partial charge in [0.1, 0.15) is 12.4 Å². The number of nitrogens with zero attached hydrogens (tertiary/aromatic N) is 3. The predicted molar refractivity (Wildman–Crippen MR) is 90.9 cm³/mol. The highest BCUT2D eigenvalue weighted by Gasteiger charge is 2.06. The summed E-state index contributed by atoms with van der Waals surface area (Å²) in [6, 6.07) is 13.7. The molecule has 3 aromatic rings. The summed E-state index contributed by atoms with van der Waals surface area (Å²) in [5.74, 6) is 0.805. The smallest absolute Gasteiger partial charge is 0.216 e. The molecule has 0 radical (unpaired) electrons. The van der Waals surface area contributed by atoms with Crippen LogP contribution in [0.1, 0.15) is 11.4 Å². The van der Waals surface area contributed by atoms with Gasteiger partial charge in [-0.05, 0) is 48.1 Å². The first-order chi connectivity index (χ1) is 11.6. The molecule has 0 spiro atoms. The van der Waals surface area contributed by atoms with Crippen LogP contribution in [0, 0.1) is 4.77 Å². The lowest BCUT2D eigenvalue weighted by molar-refractivity contribution is 0.290. The predicted octanol–water partition coefficient (Wildman–Crippen LogP) is 2.81. The Balaban J connectivity index is 1.78. The van der Waals surface area contributed by atoms with E-state index in [4.69, 9.17) is 17.0 Å². The Morgan fingerprint density at radius 1 is 1.17 bits per heavy atom. The zero-order chi connectivity index (χ0) is 16.9. The summed E-state index contributed by atoms with van der Waals surface area (Å²) in [6.07, 6.45) is 1.50. The van der Waals surface area contributed by atoms with Crippen LogP contribution in [0.15, 0.2) is 53.6 Å². The maximum Gasteiger partial charge on any atom is 0.216 e. The highest BCUT2D eigenvalue weighted by molar-refractivity contribution is 7.71. The van der Waals surface area contributed by atoms with E-state index in [2.05, 4.69) is 15.3 Å². The number of rotatable bonds is 5. The Kier molecular flexibility index (Phi) is 4.57. The lowest BCUT2D eigenvalue weighted by Crippen LogP contribution is -2.04. The van der Waals surface area contributed by atoms with Crippen molar-refractivity contribution in [3.63, 3.8) is 0 Å². The first-order valence-electron chi connectivity index (χ1n) is 7.04. The molecular formula is C16H14N4O3S. The zero-order valence-electron chi connectivity index (χ0n) is 12.5. The summed E-state index contributed by atoms with van der Waals surface area (Å²) in [7, 11) is 0. The van der Waals surface area contributed by atoms with Crippen molar-refractivity contribution in [1.29, 1.82) is 0 Å². The highest BCUT2D eigenvalue weighted by atomic mass is 32.1. The van der Waals surface area contributed by atoms with Crippen molar-refractivity contribution in [2.24, 2.45) is 5.10 Å². The Labute approximate surface area is 142 Å². The lowest BCUT2D eigenvalue weighted by atomic mass is 10.2. The fourth-order valence-electron chi connectivity index (χ4n) is 1.95. The van der Waals surface area contributed by atoms with Crippen LogP contribution >= 0.6 is 12.2 Å². The fraction of sp³-hybridized carbons (Fsp3) is 0.0625. The summed E-state index contributed by atoms with van der Waals surface area (Å²) < 4.78 is 7.39. The van der Waals surface area contributed by atoms with Gasteiger partial charge in [0, 0.05) is 0 Å². The van der Waals surface area contributed by atoms with E-state index in [-0.39, 0.29) is 18.1 Å². The maximum absolute atomic E-state index is 9.50. The maximum atomic E-state index is 9.50. The number of phenolic OH excluding ortho intramolecular Hbond substituents is 2. The summed E-state index contributed by atoms with van der Waals surface area (Å²) in [4.78, 5) is 0. The molecule has 3 N–H and O–H groups in total. The van der Waals surface area contributed by atoms with Gasteiger partial charge in [-0.15, -0.1) is 0 Å². The molecule has 0 saturated carbocycles. The fourth-order valence-corrected chi connectivity index (χ4v) is 2.14. The molecule has 0 unspecified atom stereocenters. The van der Waals surface area contributed by atoms with E-state index < -0.39 is 0 Å². The largest absolute Gasteiger partial charge is 0.504 e.